The Kier molecular flexibility index (Phi) is 5.88. The number of thiophene rings is 1. The second-order valence-electron chi connectivity index (χ2n) is 7.70. The highest BCUT2D eigenvalue weighted by molar-refractivity contribution is 7.12. The van der Waals surface area contributed by atoms with Crippen molar-refractivity contribution < 1.29 is 4.74 Å². The van der Waals surface area contributed by atoms with E-state index in [0.29, 0.717) is 0 Å². The molecule has 6 nitrogen and oxygen atoms in total. The number of hydrogen-bond donors (Lipinski definition) is 0. The van der Waals surface area contributed by atoms with Gasteiger partial charge in [-0.2, -0.15) is 0 Å². The van der Waals surface area contributed by atoms with Crippen LogP contribution in [0, 0.1) is 6.92 Å². The number of morpholine rings is 1. The van der Waals surface area contributed by atoms with E-state index in [2.05, 4.69) is 88.0 Å². The molecule has 0 saturated carbocycles. The molecule has 4 aromatic rings. The molecule has 1 fully saturated rings. The Morgan fingerprint density at radius 1 is 0.839 bits per heavy atom. The molecule has 2 aromatic heterocycles. The van der Waals surface area contributed by atoms with E-state index >= 15 is 0 Å². The fraction of sp³-hybridized carbons (Fsp3) is 0.292. The monoisotopic (exact) mass is 431 g/mol. The summed E-state index contributed by atoms with van der Waals surface area (Å²) in [4.78, 5) is 4.98. The van der Waals surface area contributed by atoms with Crippen LogP contribution in [0.25, 0.3) is 0 Å². The minimum absolute atomic E-state index is 0.00692. The van der Waals surface area contributed by atoms with E-state index in [4.69, 9.17) is 4.74 Å². The summed E-state index contributed by atoms with van der Waals surface area (Å²) in [5, 5.41) is 13.2. The minimum atomic E-state index is -0.100. The molecule has 31 heavy (non-hydrogen) atoms. The number of rotatable bonds is 6. The van der Waals surface area contributed by atoms with Crippen LogP contribution in [0.3, 0.4) is 0 Å². The zero-order valence-electron chi connectivity index (χ0n) is 17.5. The zero-order chi connectivity index (χ0) is 21.0. The standard InChI is InChI=1S/C24H25N5OS/c1-18-12-13-21(31-18)23(28-14-16-30-17-15-28)24-25-26-27-29(24)22(19-8-4-2-5-9-19)20-10-6-3-7-11-20/h2-13,22-23H,14-17H2,1H3/t23-/m0/s1. The predicted octanol–water partition coefficient (Wildman–Crippen LogP) is 4.10. The van der Waals surface area contributed by atoms with E-state index < -0.39 is 0 Å². The molecule has 158 valence electrons. The first-order valence-electron chi connectivity index (χ1n) is 10.6. The molecule has 0 spiro atoms. The third kappa shape index (κ3) is 4.17. The normalized spacial score (nSPS) is 15.9. The quantitative estimate of drug-likeness (QED) is 0.460. The van der Waals surface area contributed by atoms with Crippen LogP contribution in [0.2, 0.25) is 0 Å². The number of benzene rings is 2. The second kappa shape index (κ2) is 9.09. The van der Waals surface area contributed by atoms with E-state index in [1.54, 1.807) is 0 Å². The van der Waals surface area contributed by atoms with Crippen LogP contribution in [0.1, 0.15) is 38.8 Å². The molecule has 0 aliphatic carbocycles. The highest BCUT2D eigenvalue weighted by atomic mass is 32.1. The lowest BCUT2D eigenvalue weighted by atomic mass is 9.98. The summed E-state index contributed by atoms with van der Waals surface area (Å²) >= 11 is 1.81. The molecule has 1 aliphatic rings. The zero-order valence-corrected chi connectivity index (χ0v) is 18.3. The minimum Gasteiger partial charge on any atom is -0.379 e. The van der Waals surface area contributed by atoms with Gasteiger partial charge in [-0.25, -0.2) is 4.68 Å². The SMILES string of the molecule is Cc1ccc([C@@H](c2nnnn2C(c2ccccc2)c2ccccc2)N2CCOCC2)s1. The lowest BCUT2D eigenvalue weighted by molar-refractivity contribution is 0.0222. The third-order valence-electron chi connectivity index (χ3n) is 5.68. The summed E-state index contributed by atoms with van der Waals surface area (Å²) in [6, 6.07) is 25.2. The van der Waals surface area contributed by atoms with Crippen LogP contribution in [0.15, 0.2) is 72.8 Å². The van der Waals surface area contributed by atoms with E-state index in [-0.39, 0.29) is 12.1 Å². The van der Waals surface area contributed by atoms with Crippen molar-refractivity contribution in [3.05, 3.63) is 99.5 Å². The summed E-state index contributed by atoms with van der Waals surface area (Å²) in [6.07, 6.45) is 0. The number of ether oxygens (including phenoxy) is 1. The Labute approximate surface area is 186 Å². The van der Waals surface area contributed by atoms with Crippen LogP contribution < -0.4 is 0 Å². The van der Waals surface area contributed by atoms with Crippen molar-refractivity contribution in [3.8, 4) is 0 Å². The molecule has 0 N–H and O–H groups in total. The van der Waals surface area contributed by atoms with E-state index in [9.17, 15) is 0 Å². The molecule has 3 heterocycles. The van der Waals surface area contributed by atoms with Gasteiger partial charge in [-0.1, -0.05) is 60.7 Å². The van der Waals surface area contributed by atoms with Gasteiger partial charge < -0.3 is 4.74 Å². The highest BCUT2D eigenvalue weighted by Gasteiger charge is 2.33. The smallest absolute Gasteiger partial charge is 0.174 e. The van der Waals surface area contributed by atoms with Crippen LogP contribution in [0.5, 0.6) is 0 Å². The van der Waals surface area contributed by atoms with Crippen LogP contribution >= 0.6 is 11.3 Å². The molecular formula is C24H25N5OS. The number of nitrogens with zero attached hydrogens (tertiary/aromatic N) is 5. The average Bonchev–Trinajstić information content (AvgIpc) is 3.46. The molecule has 2 aromatic carbocycles. The van der Waals surface area contributed by atoms with Gasteiger partial charge in [0.2, 0.25) is 0 Å². The Bertz CT molecular complexity index is 1070. The lowest BCUT2D eigenvalue weighted by Crippen LogP contribution is -2.40. The molecule has 0 bridgehead atoms. The van der Waals surface area contributed by atoms with Crippen molar-refractivity contribution in [1.29, 1.82) is 0 Å². The number of tetrazole rings is 1. The van der Waals surface area contributed by atoms with E-state index in [1.807, 2.05) is 28.2 Å². The van der Waals surface area contributed by atoms with Gasteiger partial charge in [0, 0.05) is 22.8 Å². The fourth-order valence-corrected chi connectivity index (χ4v) is 5.23. The Morgan fingerprint density at radius 2 is 1.48 bits per heavy atom. The average molecular weight is 432 g/mol. The maximum atomic E-state index is 5.63. The predicted molar refractivity (Wildman–Crippen MR) is 121 cm³/mol. The Balaban J connectivity index is 1.64. The molecule has 0 amide bonds. The molecular weight excluding hydrogens is 406 g/mol. The third-order valence-corrected chi connectivity index (χ3v) is 6.73. The van der Waals surface area contributed by atoms with Gasteiger partial charge in [-0.05, 0) is 40.6 Å². The van der Waals surface area contributed by atoms with Gasteiger partial charge in [0.15, 0.2) is 5.82 Å². The summed E-state index contributed by atoms with van der Waals surface area (Å²) in [7, 11) is 0. The molecule has 5 rings (SSSR count). The van der Waals surface area contributed by atoms with Gasteiger partial charge in [-0.15, -0.1) is 16.4 Å². The topological polar surface area (TPSA) is 56.1 Å². The van der Waals surface area contributed by atoms with E-state index in [0.717, 1.165) is 43.3 Å². The molecule has 0 unspecified atom stereocenters. The Morgan fingerprint density at radius 3 is 2.06 bits per heavy atom. The largest absolute Gasteiger partial charge is 0.379 e. The van der Waals surface area contributed by atoms with Gasteiger partial charge in [0.1, 0.15) is 12.1 Å². The van der Waals surface area contributed by atoms with Crippen molar-refractivity contribution >= 4 is 11.3 Å². The van der Waals surface area contributed by atoms with Crippen molar-refractivity contribution in [2.75, 3.05) is 26.3 Å². The maximum absolute atomic E-state index is 5.63. The van der Waals surface area contributed by atoms with Crippen molar-refractivity contribution in [3.63, 3.8) is 0 Å². The molecule has 1 saturated heterocycles. The van der Waals surface area contributed by atoms with Gasteiger partial charge in [-0.3, -0.25) is 4.90 Å². The molecule has 0 radical (unpaired) electrons. The molecule has 1 atom stereocenters. The first-order valence-corrected chi connectivity index (χ1v) is 11.4. The van der Waals surface area contributed by atoms with Gasteiger partial charge >= 0.3 is 0 Å². The number of hydrogen-bond acceptors (Lipinski definition) is 6. The fourth-order valence-electron chi connectivity index (χ4n) is 4.22. The van der Waals surface area contributed by atoms with E-state index in [1.165, 1.54) is 9.75 Å². The van der Waals surface area contributed by atoms with Crippen LogP contribution in [-0.2, 0) is 4.74 Å². The van der Waals surface area contributed by atoms with Crippen molar-refractivity contribution in [2.24, 2.45) is 0 Å². The van der Waals surface area contributed by atoms with Gasteiger partial charge in [0.05, 0.1) is 13.2 Å². The summed E-state index contributed by atoms with van der Waals surface area (Å²) in [5.74, 6) is 0.862. The van der Waals surface area contributed by atoms with Crippen LogP contribution in [-0.4, -0.2) is 51.4 Å². The Hall–Kier alpha value is -2.87. The van der Waals surface area contributed by atoms with Crippen molar-refractivity contribution in [1.82, 2.24) is 25.1 Å². The lowest BCUT2D eigenvalue weighted by Gasteiger charge is -2.34. The first-order chi connectivity index (χ1) is 15.3. The van der Waals surface area contributed by atoms with Crippen molar-refractivity contribution in [2.45, 2.75) is 19.0 Å². The van der Waals surface area contributed by atoms with Gasteiger partial charge in [0.25, 0.3) is 0 Å². The molecule has 7 heteroatoms. The maximum Gasteiger partial charge on any atom is 0.174 e. The number of aromatic nitrogens is 4. The first kappa shape index (κ1) is 20.1. The summed E-state index contributed by atoms with van der Waals surface area (Å²) in [6.45, 7) is 5.31. The van der Waals surface area contributed by atoms with Crippen LogP contribution in [0.4, 0.5) is 0 Å². The highest BCUT2D eigenvalue weighted by Crippen LogP contribution is 2.35. The summed E-state index contributed by atoms with van der Waals surface area (Å²) < 4.78 is 7.63. The second-order valence-corrected chi connectivity index (χ2v) is 9.02. The molecule has 1 aliphatic heterocycles. The number of aryl methyl sites for hydroxylation is 1. The summed E-state index contributed by atoms with van der Waals surface area (Å²) in [5.41, 5.74) is 2.32.